The molecule has 0 radical (unpaired) electrons. The van der Waals surface area contributed by atoms with E-state index in [2.05, 4.69) is 15.5 Å². The predicted octanol–water partition coefficient (Wildman–Crippen LogP) is 0.470. The average molecular weight is 236 g/mol. The SMILES string of the molecule is CCC(C(=O)NCc1cccnc1)C(N)=NO. The first-order valence-electron chi connectivity index (χ1n) is 5.33. The molecule has 0 saturated heterocycles. The Labute approximate surface area is 99.5 Å². The third-order valence-electron chi connectivity index (χ3n) is 2.39. The standard InChI is InChI=1S/C11H16N4O2/c1-2-9(10(12)15-17)11(16)14-7-8-4-3-5-13-6-8/h3-6,9,17H,2,7H2,1H3,(H2,12,15)(H,14,16). The van der Waals surface area contributed by atoms with Gasteiger partial charge in [0.2, 0.25) is 5.91 Å². The molecule has 1 amide bonds. The Morgan fingerprint density at radius 1 is 1.71 bits per heavy atom. The third-order valence-corrected chi connectivity index (χ3v) is 2.39. The van der Waals surface area contributed by atoms with E-state index in [0.29, 0.717) is 13.0 Å². The monoisotopic (exact) mass is 236 g/mol. The van der Waals surface area contributed by atoms with Gasteiger partial charge < -0.3 is 16.3 Å². The first-order chi connectivity index (χ1) is 8.19. The van der Waals surface area contributed by atoms with Crippen molar-refractivity contribution in [3.63, 3.8) is 0 Å². The molecular formula is C11H16N4O2. The van der Waals surface area contributed by atoms with E-state index in [0.717, 1.165) is 5.56 Å². The molecule has 6 nitrogen and oxygen atoms in total. The molecule has 0 aliphatic rings. The number of hydrogen-bond acceptors (Lipinski definition) is 4. The summed E-state index contributed by atoms with van der Waals surface area (Å²) in [7, 11) is 0. The van der Waals surface area contributed by atoms with Gasteiger partial charge >= 0.3 is 0 Å². The minimum Gasteiger partial charge on any atom is -0.409 e. The maximum absolute atomic E-state index is 11.7. The molecule has 0 aromatic carbocycles. The van der Waals surface area contributed by atoms with Crippen LogP contribution in [0.25, 0.3) is 0 Å². The van der Waals surface area contributed by atoms with Crippen molar-refractivity contribution in [2.75, 3.05) is 0 Å². The average Bonchev–Trinajstić information content (AvgIpc) is 2.38. The second-order valence-corrected chi connectivity index (χ2v) is 3.56. The highest BCUT2D eigenvalue weighted by Gasteiger charge is 2.20. The summed E-state index contributed by atoms with van der Waals surface area (Å²) in [6, 6.07) is 3.65. The molecule has 0 bridgehead atoms. The maximum atomic E-state index is 11.7. The quantitative estimate of drug-likeness (QED) is 0.299. The van der Waals surface area contributed by atoms with E-state index in [4.69, 9.17) is 10.9 Å². The van der Waals surface area contributed by atoms with Crippen LogP contribution in [0.3, 0.4) is 0 Å². The normalized spacial score (nSPS) is 13.1. The summed E-state index contributed by atoms with van der Waals surface area (Å²) in [4.78, 5) is 15.7. The van der Waals surface area contributed by atoms with E-state index >= 15 is 0 Å². The summed E-state index contributed by atoms with van der Waals surface area (Å²) in [6.45, 7) is 2.17. The molecule has 6 heteroatoms. The van der Waals surface area contributed by atoms with Crippen molar-refractivity contribution < 1.29 is 10.0 Å². The third kappa shape index (κ3) is 3.75. The van der Waals surface area contributed by atoms with Gasteiger partial charge in [0.15, 0.2) is 5.84 Å². The van der Waals surface area contributed by atoms with Crippen molar-refractivity contribution in [2.24, 2.45) is 16.8 Å². The van der Waals surface area contributed by atoms with Crippen LogP contribution in [0, 0.1) is 5.92 Å². The van der Waals surface area contributed by atoms with Crippen LogP contribution in [-0.2, 0) is 11.3 Å². The number of amidine groups is 1. The highest BCUT2D eigenvalue weighted by Crippen LogP contribution is 2.03. The highest BCUT2D eigenvalue weighted by molar-refractivity contribution is 6.01. The summed E-state index contributed by atoms with van der Waals surface area (Å²) >= 11 is 0. The highest BCUT2D eigenvalue weighted by atomic mass is 16.4. The Morgan fingerprint density at radius 3 is 3.00 bits per heavy atom. The van der Waals surface area contributed by atoms with Gasteiger partial charge in [0, 0.05) is 18.9 Å². The van der Waals surface area contributed by atoms with Gasteiger partial charge in [0.1, 0.15) is 0 Å². The number of pyridine rings is 1. The molecule has 92 valence electrons. The number of nitrogens with two attached hydrogens (primary N) is 1. The summed E-state index contributed by atoms with van der Waals surface area (Å²) in [5.41, 5.74) is 6.32. The van der Waals surface area contributed by atoms with Crippen LogP contribution in [0.2, 0.25) is 0 Å². The van der Waals surface area contributed by atoms with Gasteiger partial charge in [0.25, 0.3) is 0 Å². The Bertz CT molecular complexity index is 392. The number of carbonyl (C=O) groups excluding carboxylic acids is 1. The number of rotatable bonds is 5. The lowest BCUT2D eigenvalue weighted by Crippen LogP contribution is -2.38. The van der Waals surface area contributed by atoms with E-state index < -0.39 is 5.92 Å². The fraction of sp³-hybridized carbons (Fsp3) is 0.364. The zero-order chi connectivity index (χ0) is 12.7. The second-order valence-electron chi connectivity index (χ2n) is 3.56. The van der Waals surface area contributed by atoms with Crippen molar-refractivity contribution in [1.29, 1.82) is 0 Å². The second kappa shape index (κ2) is 6.47. The van der Waals surface area contributed by atoms with Gasteiger partial charge in [-0.1, -0.05) is 18.1 Å². The number of oxime groups is 1. The van der Waals surface area contributed by atoms with Crippen LogP contribution in [0.5, 0.6) is 0 Å². The van der Waals surface area contributed by atoms with Crippen LogP contribution in [0.4, 0.5) is 0 Å². The number of nitrogens with zero attached hydrogens (tertiary/aromatic N) is 2. The number of nitrogens with one attached hydrogen (secondary N) is 1. The van der Waals surface area contributed by atoms with Gasteiger partial charge in [-0.05, 0) is 18.1 Å². The molecule has 0 fully saturated rings. The summed E-state index contributed by atoms with van der Waals surface area (Å²) in [5, 5.41) is 14.1. The van der Waals surface area contributed by atoms with Gasteiger partial charge in [0.05, 0.1) is 5.92 Å². The fourth-order valence-corrected chi connectivity index (χ4v) is 1.41. The van der Waals surface area contributed by atoms with Crippen LogP contribution in [0.1, 0.15) is 18.9 Å². The Morgan fingerprint density at radius 2 is 2.47 bits per heavy atom. The number of aromatic nitrogens is 1. The molecule has 4 N–H and O–H groups in total. The number of carbonyl (C=O) groups is 1. The molecule has 1 heterocycles. The molecular weight excluding hydrogens is 220 g/mol. The van der Waals surface area contributed by atoms with Gasteiger partial charge in [-0.15, -0.1) is 0 Å². The lowest BCUT2D eigenvalue weighted by atomic mass is 10.0. The molecule has 0 saturated carbocycles. The molecule has 1 rings (SSSR count). The molecule has 17 heavy (non-hydrogen) atoms. The molecule has 1 aromatic rings. The number of amides is 1. The Hall–Kier alpha value is -2.11. The molecule has 1 atom stereocenters. The lowest BCUT2D eigenvalue weighted by molar-refractivity contribution is -0.123. The van der Waals surface area contributed by atoms with Crippen LogP contribution >= 0.6 is 0 Å². The van der Waals surface area contributed by atoms with Crippen LogP contribution in [0.15, 0.2) is 29.7 Å². The fourth-order valence-electron chi connectivity index (χ4n) is 1.41. The molecule has 0 spiro atoms. The van der Waals surface area contributed by atoms with Crippen molar-refractivity contribution in [3.8, 4) is 0 Å². The largest absolute Gasteiger partial charge is 0.409 e. The van der Waals surface area contributed by atoms with E-state index in [-0.39, 0.29) is 11.7 Å². The minimum atomic E-state index is -0.600. The topological polar surface area (TPSA) is 101 Å². The minimum absolute atomic E-state index is 0.0730. The first-order valence-corrected chi connectivity index (χ1v) is 5.33. The van der Waals surface area contributed by atoms with E-state index in [1.807, 2.05) is 6.07 Å². The van der Waals surface area contributed by atoms with Gasteiger partial charge in [-0.2, -0.15) is 0 Å². The van der Waals surface area contributed by atoms with Crippen molar-refractivity contribution in [3.05, 3.63) is 30.1 Å². The molecule has 0 aliphatic carbocycles. The van der Waals surface area contributed by atoms with Crippen molar-refractivity contribution in [2.45, 2.75) is 19.9 Å². The van der Waals surface area contributed by atoms with Crippen LogP contribution < -0.4 is 11.1 Å². The Kier molecular flexibility index (Phi) is 4.93. The lowest BCUT2D eigenvalue weighted by Gasteiger charge is -2.13. The van der Waals surface area contributed by atoms with E-state index in [9.17, 15) is 4.79 Å². The maximum Gasteiger partial charge on any atom is 0.231 e. The summed E-state index contributed by atoms with van der Waals surface area (Å²) in [6.07, 6.45) is 3.82. The first kappa shape index (κ1) is 13.0. The van der Waals surface area contributed by atoms with Crippen molar-refractivity contribution in [1.82, 2.24) is 10.3 Å². The zero-order valence-electron chi connectivity index (χ0n) is 9.63. The van der Waals surface area contributed by atoms with Crippen LogP contribution in [-0.4, -0.2) is 21.9 Å². The predicted molar refractivity (Wildman–Crippen MR) is 63.3 cm³/mol. The number of hydrogen-bond donors (Lipinski definition) is 3. The Balaban J connectivity index is 2.54. The van der Waals surface area contributed by atoms with E-state index in [1.54, 1.807) is 25.4 Å². The molecule has 1 unspecified atom stereocenters. The van der Waals surface area contributed by atoms with E-state index in [1.165, 1.54) is 0 Å². The molecule has 0 aliphatic heterocycles. The van der Waals surface area contributed by atoms with Gasteiger partial charge in [-0.25, -0.2) is 0 Å². The summed E-state index contributed by atoms with van der Waals surface area (Å²) < 4.78 is 0. The molecule has 1 aromatic heterocycles. The zero-order valence-corrected chi connectivity index (χ0v) is 9.63. The van der Waals surface area contributed by atoms with Gasteiger partial charge in [-0.3, -0.25) is 9.78 Å². The smallest absolute Gasteiger partial charge is 0.231 e. The summed E-state index contributed by atoms with van der Waals surface area (Å²) in [5.74, 6) is -0.931. The van der Waals surface area contributed by atoms with Crippen molar-refractivity contribution >= 4 is 11.7 Å².